The molecule has 0 radical (unpaired) electrons. The lowest BCUT2D eigenvalue weighted by Gasteiger charge is -1.94. The van der Waals surface area contributed by atoms with Crippen LogP contribution >= 0.6 is 0 Å². The van der Waals surface area contributed by atoms with Crippen LogP contribution < -0.4 is 10.5 Å². The summed E-state index contributed by atoms with van der Waals surface area (Å²) < 4.78 is 0.941. The number of pyridine rings is 1. The molecule has 1 aromatic rings. The van der Waals surface area contributed by atoms with Gasteiger partial charge in [-0.05, 0) is 6.07 Å². The Kier molecular flexibility index (Phi) is 1.76. The number of hydrogen-bond donors (Lipinski definition) is 3. The van der Waals surface area contributed by atoms with Crippen molar-refractivity contribution in [1.82, 2.24) is 0 Å². The van der Waals surface area contributed by atoms with Crippen molar-refractivity contribution < 1.29 is 9.94 Å². The van der Waals surface area contributed by atoms with E-state index in [0.29, 0.717) is 11.3 Å². The molecule has 0 aliphatic carbocycles. The van der Waals surface area contributed by atoms with Gasteiger partial charge in [0, 0.05) is 17.7 Å². The lowest BCUT2D eigenvalue weighted by Crippen LogP contribution is -2.34. The number of nitrogens with one attached hydrogen (secondary N) is 1. The van der Waals surface area contributed by atoms with Crippen molar-refractivity contribution in [3.8, 4) is 0 Å². The first kappa shape index (κ1) is 7.53. The van der Waals surface area contributed by atoms with Crippen molar-refractivity contribution in [1.29, 1.82) is 5.41 Å². The number of nitrogens with two attached hydrogens (primary N) is 1. The number of rotatable bonds is 1. The van der Waals surface area contributed by atoms with Crippen LogP contribution in [0.2, 0.25) is 0 Å². The van der Waals surface area contributed by atoms with E-state index in [9.17, 15) is 0 Å². The average molecular weight is 152 g/mol. The molecule has 1 rings (SSSR count). The SMILES string of the molecule is Cc1ccc(C(=N)N)c[n+]1O. The monoisotopic (exact) mass is 152 g/mol. The largest absolute Gasteiger partial charge is 0.383 e. The van der Waals surface area contributed by atoms with E-state index in [-0.39, 0.29) is 5.84 Å². The van der Waals surface area contributed by atoms with Gasteiger partial charge in [0.25, 0.3) is 0 Å². The molecule has 0 saturated heterocycles. The molecule has 0 fully saturated rings. The molecule has 0 unspecified atom stereocenters. The zero-order valence-corrected chi connectivity index (χ0v) is 6.20. The van der Waals surface area contributed by atoms with E-state index in [1.807, 2.05) is 0 Å². The highest BCUT2D eigenvalue weighted by Crippen LogP contribution is 1.94. The van der Waals surface area contributed by atoms with E-state index < -0.39 is 0 Å². The molecule has 11 heavy (non-hydrogen) atoms. The lowest BCUT2D eigenvalue weighted by molar-refractivity contribution is -0.908. The van der Waals surface area contributed by atoms with Gasteiger partial charge < -0.3 is 5.73 Å². The van der Waals surface area contributed by atoms with E-state index >= 15 is 0 Å². The first-order valence-corrected chi connectivity index (χ1v) is 3.17. The van der Waals surface area contributed by atoms with Gasteiger partial charge in [-0.2, -0.15) is 0 Å². The number of nitrogen functional groups attached to an aromatic ring is 1. The van der Waals surface area contributed by atoms with Crippen molar-refractivity contribution in [3.05, 3.63) is 29.6 Å². The fraction of sp³-hybridized carbons (Fsp3) is 0.143. The van der Waals surface area contributed by atoms with Crippen molar-refractivity contribution in [2.24, 2.45) is 5.73 Å². The van der Waals surface area contributed by atoms with Gasteiger partial charge in [-0.15, -0.1) is 0 Å². The van der Waals surface area contributed by atoms with Crippen molar-refractivity contribution >= 4 is 5.84 Å². The molecule has 0 atom stereocenters. The van der Waals surface area contributed by atoms with Gasteiger partial charge in [-0.1, -0.05) is 0 Å². The summed E-state index contributed by atoms with van der Waals surface area (Å²) in [6, 6.07) is 3.38. The molecule has 0 aliphatic rings. The smallest absolute Gasteiger partial charge is 0.233 e. The highest BCUT2D eigenvalue weighted by molar-refractivity contribution is 5.94. The highest BCUT2D eigenvalue weighted by atomic mass is 16.5. The standard InChI is InChI=1S/C7H10N3O/c1-5-2-3-6(7(8)9)4-10(5)11/h2-4,11H,1H3,(H3,8,9)/q+1. The summed E-state index contributed by atoms with van der Waals surface area (Å²) >= 11 is 0. The van der Waals surface area contributed by atoms with Gasteiger partial charge in [0.2, 0.25) is 11.9 Å². The summed E-state index contributed by atoms with van der Waals surface area (Å²) in [5.41, 5.74) is 6.41. The zero-order valence-electron chi connectivity index (χ0n) is 6.20. The van der Waals surface area contributed by atoms with Gasteiger partial charge >= 0.3 is 0 Å². The molecular formula is C7H10N3O+. The van der Waals surface area contributed by atoms with E-state index in [4.69, 9.17) is 16.4 Å². The number of aromatic nitrogens is 1. The maximum atomic E-state index is 9.11. The van der Waals surface area contributed by atoms with Crippen LogP contribution in [0.5, 0.6) is 0 Å². The van der Waals surface area contributed by atoms with Crippen molar-refractivity contribution in [2.45, 2.75) is 6.92 Å². The van der Waals surface area contributed by atoms with Crippen LogP contribution in [0.4, 0.5) is 0 Å². The first-order chi connectivity index (χ1) is 5.11. The van der Waals surface area contributed by atoms with Gasteiger partial charge in [-0.25, -0.2) is 0 Å². The third-order valence-electron chi connectivity index (χ3n) is 1.44. The van der Waals surface area contributed by atoms with E-state index in [0.717, 1.165) is 4.73 Å². The third kappa shape index (κ3) is 1.46. The van der Waals surface area contributed by atoms with Crippen LogP contribution in [0.25, 0.3) is 0 Å². The molecule has 1 aromatic heterocycles. The Balaban J connectivity index is 3.15. The molecular weight excluding hydrogens is 142 g/mol. The van der Waals surface area contributed by atoms with Crippen molar-refractivity contribution in [2.75, 3.05) is 0 Å². The molecule has 4 N–H and O–H groups in total. The number of hydrogen-bond acceptors (Lipinski definition) is 2. The molecule has 4 heteroatoms. The molecule has 0 saturated carbocycles. The van der Waals surface area contributed by atoms with Crippen LogP contribution in [0.15, 0.2) is 18.3 Å². The van der Waals surface area contributed by atoms with E-state index in [1.165, 1.54) is 6.20 Å². The third-order valence-corrected chi connectivity index (χ3v) is 1.44. The van der Waals surface area contributed by atoms with Crippen molar-refractivity contribution in [3.63, 3.8) is 0 Å². The summed E-state index contributed by atoms with van der Waals surface area (Å²) in [5.74, 6) is -0.0483. The fourth-order valence-corrected chi connectivity index (χ4v) is 0.723. The van der Waals surface area contributed by atoms with Crippen LogP contribution in [0.3, 0.4) is 0 Å². The fourth-order valence-electron chi connectivity index (χ4n) is 0.723. The maximum absolute atomic E-state index is 9.11. The second-order valence-corrected chi connectivity index (χ2v) is 2.32. The summed E-state index contributed by atoms with van der Waals surface area (Å²) in [6.07, 6.45) is 1.40. The Morgan fingerprint density at radius 1 is 1.64 bits per heavy atom. The molecule has 0 aliphatic heterocycles. The molecule has 0 amide bonds. The molecule has 58 valence electrons. The van der Waals surface area contributed by atoms with E-state index in [2.05, 4.69) is 0 Å². The normalized spacial score (nSPS) is 9.55. The van der Waals surface area contributed by atoms with Crippen LogP contribution in [-0.2, 0) is 0 Å². The number of nitrogens with zero attached hydrogens (tertiary/aromatic N) is 1. The Morgan fingerprint density at radius 2 is 2.27 bits per heavy atom. The molecule has 4 nitrogen and oxygen atoms in total. The Bertz CT molecular complexity index is 296. The highest BCUT2D eigenvalue weighted by Gasteiger charge is 2.06. The molecule has 0 aromatic carbocycles. The number of aryl methyl sites for hydroxylation is 1. The van der Waals surface area contributed by atoms with Gasteiger partial charge in [-0.3, -0.25) is 10.6 Å². The summed E-state index contributed by atoms with van der Waals surface area (Å²) in [4.78, 5) is 0. The Labute approximate surface area is 64.4 Å². The zero-order chi connectivity index (χ0) is 8.43. The van der Waals surface area contributed by atoms with Crippen LogP contribution in [0.1, 0.15) is 11.3 Å². The Hall–Kier alpha value is -1.58. The lowest BCUT2D eigenvalue weighted by atomic mass is 10.2. The molecule has 0 spiro atoms. The predicted octanol–water partition coefficient (Wildman–Crippen LogP) is -0.196. The van der Waals surface area contributed by atoms with E-state index in [1.54, 1.807) is 19.1 Å². The minimum atomic E-state index is -0.0483. The average Bonchev–Trinajstić information content (AvgIpc) is 1.94. The predicted molar refractivity (Wildman–Crippen MR) is 39.6 cm³/mol. The first-order valence-electron chi connectivity index (χ1n) is 3.17. The second kappa shape index (κ2) is 2.57. The molecule has 1 heterocycles. The van der Waals surface area contributed by atoms with Crippen LogP contribution in [-0.4, -0.2) is 11.0 Å². The van der Waals surface area contributed by atoms with Gasteiger partial charge in [0.1, 0.15) is 5.84 Å². The quantitative estimate of drug-likeness (QED) is 0.226. The molecule has 0 bridgehead atoms. The maximum Gasteiger partial charge on any atom is 0.233 e. The summed E-state index contributed by atoms with van der Waals surface area (Å²) in [5, 5.41) is 16.2. The minimum absolute atomic E-state index is 0.0483. The summed E-state index contributed by atoms with van der Waals surface area (Å²) in [7, 11) is 0. The minimum Gasteiger partial charge on any atom is -0.383 e. The summed E-state index contributed by atoms with van der Waals surface area (Å²) in [6.45, 7) is 1.75. The topological polar surface area (TPSA) is 74.0 Å². The van der Waals surface area contributed by atoms with Gasteiger partial charge in [0.05, 0.1) is 5.56 Å². The van der Waals surface area contributed by atoms with Gasteiger partial charge in [0.15, 0.2) is 0 Å². The Morgan fingerprint density at radius 3 is 2.73 bits per heavy atom. The number of amidine groups is 1. The second-order valence-electron chi connectivity index (χ2n) is 2.32. The van der Waals surface area contributed by atoms with Crippen LogP contribution in [0, 0.1) is 12.3 Å².